The van der Waals surface area contributed by atoms with Crippen molar-refractivity contribution in [3.63, 3.8) is 0 Å². The molecule has 10 heavy (non-hydrogen) atoms. The third kappa shape index (κ3) is 2.27. The zero-order valence-corrected chi connectivity index (χ0v) is 6.29. The maximum absolute atomic E-state index is 9.07. The second kappa shape index (κ2) is 3.94. The number of hydrogen-bond acceptors (Lipinski definition) is 2. The summed E-state index contributed by atoms with van der Waals surface area (Å²) in [5.74, 6) is 0.683. The zero-order chi connectivity index (χ0) is 7.40. The molecule has 0 aromatic carbocycles. The smallest absolute Gasteiger partial charge is 0.0773 e. The highest BCUT2D eigenvalue weighted by atomic mass is 16.3. The Morgan fingerprint density at radius 2 is 1.90 bits per heavy atom. The predicted octanol–water partition coefficient (Wildman–Crippen LogP) is 0.920. The Bertz CT molecular complexity index is 87.3. The molecule has 0 heterocycles. The minimum absolute atomic E-state index is 0.0729. The molecule has 2 N–H and O–H groups in total. The Morgan fingerprint density at radius 1 is 1.30 bits per heavy atom. The summed E-state index contributed by atoms with van der Waals surface area (Å²) in [6.07, 6.45) is 5.44. The Balaban J connectivity index is 2.11. The van der Waals surface area contributed by atoms with E-state index in [1.807, 2.05) is 0 Å². The van der Waals surface area contributed by atoms with Crippen LogP contribution in [0.1, 0.15) is 32.1 Å². The van der Waals surface area contributed by atoms with E-state index in [0.29, 0.717) is 5.92 Å². The van der Waals surface area contributed by atoms with Gasteiger partial charge in [-0.25, -0.2) is 0 Å². The van der Waals surface area contributed by atoms with Gasteiger partial charge in [0.25, 0.3) is 0 Å². The van der Waals surface area contributed by atoms with Crippen molar-refractivity contribution in [3.8, 4) is 0 Å². The lowest BCUT2D eigenvalue weighted by Crippen LogP contribution is -2.15. The molecule has 0 spiro atoms. The second-order valence-corrected chi connectivity index (χ2v) is 3.22. The Labute approximate surface area is 61.9 Å². The fourth-order valence-electron chi connectivity index (χ4n) is 1.71. The number of aliphatic hydroxyl groups excluding tert-OH is 2. The molecule has 60 valence electrons. The summed E-state index contributed by atoms with van der Waals surface area (Å²) >= 11 is 0. The van der Waals surface area contributed by atoms with Crippen LogP contribution < -0.4 is 0 Å². The van der Waals surface area contributed by atoms with Crippen molar-refractivity contribution in [1.29, 1.82) is 0 Å². The molecule has 0 radical (unpaired) electrons. The first-order valence-corrected chi connectivity index (χ1v) is 4.12. The highest BCUT2D eigenvalue weighted by Gasteiger charge is 2.17. The molecule has 2 nitrogen and oxygen atoms in total. The van der Waals surface area contributed by atoms with E-state index in [9.17, 15) is 0 Å². The Hall–Kier alpha value is -0.0800. The van der Waals surface area contributed by atoms with E-state index in [1.165, 1.54) is 25.7 Å². The van der Waals surface area contributed by atoms with E-state index in [4.69, 9.17) is 10.2 Å². The summed E-state index contributed by atoms with van der Waals surface area (Å²) < 4.78 is 0. The largest absolute Gasteiger partial charge is 0.394 e. The molecular weight excluding hydrogens is 128 g/mol. The van der Waals surface area contributed by atoms with Crippen LogP contribution in [-0.2, 0) is 0 Å². The van der Waals surface area contributed by atoms with Gasteiger partial charge in [-0.05, 0) is 12.3 Å². The SMILES string of the molecule is OCC(O)CC1CCCC1. The lowest BCUT2D eigenvalue weighted by molar-refractivity contribution is 0.0748. The standard InChI is InChI=1S/C8H16O2/c9-6-8(10)5-7-3-1-2-4-7/h7-10H,1-6H2. The summed E-state index contributed by atoms with van der Waals surface area (Å²) in [6.45, 7) is -0.0729. The zero-order valence-electron chi connectivity index (χ0n) is 6.29. The van der Waals surface area contributed by atoms with Crippen LogP contribution in [0.3, 0.4) is 0 Å². The molecule has 1 saturated carbocycles. The summed E-state index contributed by atoms with van der Waals surface area (Å²) in [4.78, 5) is 0. The summed E-state index contributed by atoms with van der Waals surface area (Å²) in [6, 6.07) is 0. The van der Waals surface area contributed by atoms with E-state index in [1.54, 1.807) is 0 Å². The Kier molecular flexibility index (Phi) is 3.16. The molecule has 1 atom stereocenters. The van der Waals surface area contributed by atoms with Gasteiger partial charge in [0, 0.05) is 0 Å². The molecule has 0 aromatic rings. The third-order valence-electron chi connectivity index (χ3n) is 2.29. The van der Waals surface area contributed by atoms with Crippen molar-refractivity contribution in [3.05, 3.63) is 0 Å². The number of hydrogen-bond donors (Lipinski definition) is 2. The number of rotatable bonds is 3. The molecule has 1 aliphatic carbocycles. The van der Waals surface area contributed by atoms with Crippen molar-refractivity contribution in [2.24, 2.45) is 5.92 Å². The lowest BCUT2D eigenvalue weighted by Gasteiger charge is -2.11. The highest BCUT2D eigenvalue weighted by Crippen LogP contribution is 2.28. The minimum Gasteiger partial charge on any atom is -0.394 e. The molecule has 2 heteroatoms. The monoisotopic (exact) mass is 144 g/mol. The van der Waals surface area contributed by atoms with Crippen LogP contribution in [0, 0.1) is 5.92 Å². The molecule has 1 aliphatic rings. The van der Waals surface area contributed by atoms with Crippen LogP contribution in [0.15, 0.2) is 0 Å². The van der Waals surface area contributed by atoms with Gasteiger partial charge >= 0.3 is 0 Å². The van der Waals surface area contributed by atoms with E-state index < -0.39 is 6.10 Å². The fraction of sp³-hybridized carbons (Fsp3) is 1.00. The third-order valence-corrected chi connectivity index (χ3v) is 2.29. The first-order valence-electron chi connectivity index (χ1n) is 4.12. The van der Waals surface area contributed by atoms with Gasteiger partial charge in [-0.15, -0.1) is 0 Å². The van der Waals surface area contributed by atoms with Gasteiger partial charge in [0.1, 0.15) is 0 Å². The average molecular weight is 144 g/mol. The predicted molar refractivity (Wildman–Crippen MR) is 39.7 cm³/mol. The van der Waals surface area contributed by atoms with Crippen molar-refractivity contribution < 1.29 is 10.2 Å². The lowest BCUT2D eigenvalue weighted by atomic mass is 10.0. The molecule has 1 rings (SSSR count). The molecule has 1 fully saturated rings. The minimum atomic E-state index is -0.469. The molecular formula is C8H16O2. The van der Waals surface area contributed by atoms with Crippen molar-refractivity contribution in [2.45, 2.75) is 38.2 Å². The van der Waals surface area contributed by atoms with Crippen LogP contribution in [-0.4, -0.2) is 22.9 Å². The quantitative estimate of drug-likeness (QED) is 0.618. The van der Waals surface area contributed by atoms with Gasteiger partial charge in [0.15, 0.2) is 0 Å². The van der Waals surface area contributed by atoms with Gasteiger partial charge in [0.2, 0.25) is 0 Å². The van der Waals surface area contributed by atoms with Crippen molar-refractivity contribution >= 4 is 0 Å². The van der Waals surface area contributed by atoms with Crippen molar-refractivity contribution in [2.75, 3.05) is 6.61 Å². The first-order chi connectivity index (χ1) is 4.83. The molecule has 0 aliphatic heterocycles. The second-order valence-electron chi connectivity index (χ2n) is 3.22. The summed E-state index contributed by atoms with van der Waals surface area (Å²) in [7, 11) is 0. The van der Waals surface area contributed by atoms with Crippen molar-refractivity contribution in [1.82, 2.24) is 0 Å². The van der Waals surface area contributed by atoms with E-state index in [0.717, 1.165) is 6.42 Å². The maximum atomic E-state index is 9.07. The van der Waals surface area contributed by atoms with Gasteiger partial charge in [-0.2, -0.15) is 0 Å². The first kappa shape index (κ1) is 8.02. The summed E-state index contributed by atoms with van der Waals surface area (Å²) in [5, 5.41) is 17.6. The van der Waals surface area contributed by atoms with Crippen LogP contribution in [0.2, 0.25) is 0 Å². The number of aliphatic hydroxyl groups is 2. The van der Waals surface area contributed by atoms with Crippen LogP contribution in [0.5, 0.6) is 0 Å². The summed E-state index contributed by atoms with van der Waals surface area (Å²) in [5.41, 5.74) is 0. The van der Waals surface area contributed by atoms with Crippen LogP contribution in [0.4, 0.5) is 0 Å². The fourth-order valence-corrected chi connectivity index (χ4v) is 1.71. The molecule has 0 amide bonds. The van der Waals surface area contributed by atoms with Gasteiger partial charge in [-0.1, -0.05) is 25.7 Å². The van der Waals surface area contributed by atoms with E-state index in [-0.39, 0.29) is 6.61 Å². The van der Waals surface area contributed by atoms with Gasteiger partial charge in [0.05, 0.1) is 12.7 Å². The van der Waals surface area contributed by atoms with Crippen LogP contribution >= 0.6 is 0 Å². The van der Waals surface area contributed by atoms with Gasteiger partial charge < -0.3 is 10.2 Å². The molecule has 0 aromatic heterocycles. The van der Waals surface area contributed by atoms with E-state index >= 15 is 0 Å². The average Bonchev–Trinajstić information content (AvgIpc) is 2.40. The van der Waals surface area contributed by atoms with Gasteiger partial charge in [-0.3, -0.25) is 0 Å². The Morgan fingerprint density at radius 3 is 2.40 bits per heavy atom. The molecule has 1 unspecified atom stereocenters. The molecule has 0 saturated heterocycles. The maximum Gasteiger partial charge on any atom is 0.0773 e. The normalized spacial score (nSPS) is 23.4. The van der Waals surface area contributed by atoms with Crippen LogP contribution in [0.25, 0.3) is 0 Å². The highest BCUT2D eigenvalue weighted by molar-refractivity contribution is 4.70. The van der Waals surface area contributed by atoms with E-state index in [2.05, 4.69) is 0 Å². The molecule has 0 bridgehead atoms. The topological polar surface area (TPSA) is 40.5 Å².